The largest absolute Gasteiger partial charge is 0.481 e. The number of carbonyl (C=O) groups is 2. The molecule has 0 aromatic carbocycles. The van der Waals surface area contributed by atoms with Gasteiger partial charge in [0.05, 0.1) is 6.42 Å². The summed E-state index contributed by atoms with van der Waals surface area (Å²) in [6.07, 6.45) is 2.12. The molecule has 0 bridgehead atoms. The SMILES string of the molecule is CCC1CCN(C(=O)NC(CC(=O)O)C(C)C)C1. The molecular weight excluding hydrogens is 232 g/mol. The minimum Gasteiger partial charge on any atom is -0.481 e. The number of hydrogen-bond acceptors (Lipinski definition) is 2. The van der Waals surface area contributed by atoms with Crippen LogP contribution in [0.3, 0.4) is 0 Å². The number of aliphatic carboxylic acids is 1. The minimum atomic E-state index is -0.873. The molecule has 1 rings (SSSR count). The predicted molar refractivity (Wildman–Crippen MR) is 69.4 cm³/mol. The van der Waals surface area contributed by atoms with Crippen molar-refractivity contribution in [3.8, 4) is 0 Å². The predicted octanol–water partition coefficient (Wildman–Crippen LogP) is 1.93. The maximum atomic E-state index is 12.0. The molecule has 0 spiro atoms. The highest BCUT2D eigenvalue weighted by Crippen LogP contribution is 2.19. The number of nitrogens with one attached hydrogen (secondary N) is 1. The standard InChI is InChI=1S/C13H24N2O3/c1-4-10-5-6-15(8-10)13(18)14-11(9(2)3)7-12(16)17/h9-11H,4-8H2,1-3H3,(H,14,18)(H,16,17). The number of hydrogen-bond donors (Lipinski definition) is 2. The van der Waals surface area contributed by atoms with E-state index in [2.05, 4.69) is 12.2 Å². The summed E-state index contributed by atoms with van der Waals surface area (Å²) in [6, 6.07) is -0.415. The van der Waals surface area contributed by atoms with E-state index in [1.54, 1.807) is 4.90 Å². The molecular formula is C13H24N2O3. The minimum absolute atomic E-state index is 0.0194. The molecule has 1 fully saturated rings. The van der Waals surface area contributed by atoms with Gasteiger partial charge >= 0.3 is 12.0 Å². The van der Waals surface area contributed by atoms with Crippen LogP contribution in [0.5, 0.6) is 0 Å². The second-order valence-corrected chi connectivity index (χ2v) is 5.41. The molecule has 2 amide bonds. The molecule has 2 N–H and O–H groups in total. The van der Waals surface area contributed by atoms with E-state index in [1.165, 1.54) is 0 Å². The second-order valence-electron chi connectivity index (χ2n) is 5.41. The molecule has 0 aromatic heterocycles. The maximum Gasteiger partial charge on any atom is 0.317 e. The van der Waals surface area contributed by atoms with Gasteiger partial charge in [0, 0.05) is 19.1 Å². The summed E-state index contributed by atoms with van der Waals surface area (Å²) in [7, 11) is 0. The Morgan fingerprint density at radius 1 is 1.44 bits per heavy atom. The first-order chi connectivity index (χ1) is 8.43. The first-order valence-electron chi connectivity index (χ1n) is 6.71. The fourth-order valence-electron chi connectivity index (χ4n) is 2.24. The fourth-order valence-corrected chi connectivity index (χ4v) is 2.24. The zero-order valence-electron chi connectivity index (χ0n) is 11.5. The number of carbonyl (C=O) groups excluding carboxylic acids is 1. The third-order valence-electron chi connectivity index (χ3n) is 3.66. The lowest BCUT2D eigenvalue weighted by Gasteiger charge is -2.24. The number of nitrogens with zero attached hydrogens (tertiary/aromatic N) is 1. The van der Waals surface area contributed by atoms with Crippen LogP contribution in [0.15, 0.2) is 0 Å². The Morgan fingerprint density at radius 3 is 2.56 bits per heavy atom. The smallest absolute Gasteiger partial charge is 0.317 e. The van der Waals surface area contributed by atoms with Gasteiger partial charge in [-0.2, -0.15) is 0 Å². The van der Waals surface area contributed by atoms with Gasteiger partial charge in [-0.15, -0.1) is 0 Å². The Morgan fingerprint density at radius 2 is 2.11 bits per heavy atom. The molecule has 1 aliphatic rings. The van der Waals surface area contributed by atoms with Crippen LogP contribution in [0.25, 0.3) is 0 Å². The average Bonchev–Trinajstić information content (AvgIpc) is 2.75. The Bertz CT molecular complexity index is 305. The molecule has 104 valence electrons. The van der Waals surface area contributed by atoms with Crippen LogP contribution in [0.4, 0.5) is 4.79 Å². The third kappa shape index (κ3) is 4.20. The quantitative estimate of drug-likeness (QED) is 0.789. The van der Waals surface area contributed by atoms with Gasteiger partial charge in [0.2, 0.25) is 0 Å². The van der Waals surface area contributed by atoms with Crippen LogP contribution in [0.2, 0.25) is 0 Å². The molecule has 1 aliphatic heterocycles. The molecule has 5 heteroatoms. The summed E-state index contributed by atoms with van der Waals surface area (Å²) in [5.74, 6) is -0.163. The molecule has 1 heterocycles. The first kappa shape index (κ1) is 14.8. The van der Waals surface area contributed by atoms with E-state index in [1.807, 2.05) is 13.8 Å². The fraction of sp³-hybridized carbons (Fsp3) is 0.846. The van der Waals surface area contributed by atoms with Crippen molar-refractivity contribution in [1.29, 1.82) is 0 Å². The van der Waals surface area contributed by atoms with E-state index in [0.717, 1.165) is 25.9 Å². The van der Waals surface area contributed by atoms with Gasteiger partial charge in [0.1, 0.15) is 0 Å². The van der Waals surface area contributed by atoms with Gasteiger partial charge in [0.25, 0.3) is 0 Å². The molecule has 1 saturated heterocycles. The number of carboxylic acids is 1. The topological polar surface area (TPSA) is 69.6 Å². The average molecular weight is 256 g/mol. The van der Waals surface area contributed by atoms with E-state index in [-0.39, 0.29) is 24.4 Å². The van der Waals surface area contributed by atoms with E-state index < -0.39 is 5.97 Å². The van der Waals surface area contributed by atoms with Crippen molar-refractivity contribution in [2.24, 2.45) is 11.8 Å². The Kier molecular flexibility index (Phi) is 5.44. The number of amides is 2. The summed E-state index contributed by atoms with van der Waals surface area (Å²) < 4.78 is 0. The van der Waals surface area contributed by atoms with Gasteiger partial charge in [-0.25, -0.2) is 4.79 Å². The first-order valence-corrected chi connectivity index (χ1v) is 6.71. The van der Waals surface area contributed by atoms with Gasteiger partial charge in [-0.3, -0.25) is 4.79 Å². The number of urea groups is 1. The lowest BCUT2D eigenvalue weighted by atomic mass is 10.0. The third-order valence-corrected chi connectivity index (χ3v) is 3.66. The summed E-state index contributed by atoms with van der Waals surface area (Å²) in [6.45, 7) is 7.55. The highest BCUT2D eigenvalue weighted by atomic mass is 16.4. The lowest BCUT2D eigenvalue weighted by molar-refractivity contribution is -0.137. The molecule has 0 radical (unpaired) electrons. The normalized spacial score (nSPS) is 21.1. The highest BCUT2D eigenvalue weighted by Gasteiger charge is 2.27. The van der Waals surface area contributed by atoms with Crippen LogP contribution in [0, 0.1) is 11.8 Å². The Hall–Kier alpha value is -1.26. The van der Waals surface area contributed by atoms with Crippen LogP contribution >= 0.6 is 0 Å². The van der Waals surface area contributed by atoms with Gasteiger partial charge < -0.3 is 15.3 Å². The molecule has 0 aromatic rings. The van der Waals surface area contributed by atoms with Crippen molar-refractivity contribution in [2.75, 3.05) is 13.1 Å². The number of likely N-dealkylation sites (tertiary alicyclic amines) is 1. The number of rotatable bonds is 5. The zero-order chi connectivity index (χ0) is 13.7. The van der Waals surface area contributed by atoms with E-state index >= 15 is 0 Å². The summed E-state index contributed by atoms with van der Waals surface area (Å²) >= 11 is 0. The van der Waals surface area contributed by atoms with Gasteiger partial charge in [-0.1, -0.05) is 27.2 Å². The maximum absolute atomic E-state index is 12.0. The molecule has 0 aliphatic carbocycles. The summed E-state index contributed by atoms with van der Waals surface area (Å²) in [5, 5.41) is 11.7. The van der Waals surface area contributed by atoms with Gasteiger partial charge in [-0.05, 0) is 18.3 Å². The second kappa shape index (κ2) is 6.61. The van der Waals surface area contributed by atoms with E-state index in [4.69, 9.17) is 5.11 Å². The van der Waals surface area contributed by atoms with Crippen molar-refractivity contribution < 1.29 is 14.7 Å². The molecule has 18 heavy (non-hydrogen) atoms. The Balaban J connectivity index is 2.48. The van der Waals surface area contributed by atoms with Crippen molar-refractivity contribution in [1.82, 2.24) is 10.2 Å². The Labute approximate surface area is 109 Å². The van der Waals surface area contributed by atoms with Crippen molar-refractivity contribution in [2.45, 2.75) is 46.1 Å². The van der Waals surface area contributed by atoms with Crippen molar-refractivity contribution >= 4 is 12.0 Å². The number of carboxylic acid groups (broad SMARTS) is 1. The summed E-state index contributed by atoms with van der Waals surface area (Å²) in [4.78, 5) is 24.6. The monoisotopic (exact) mass is 256 g/mol. The van der Waals surface area contributed by atoms with Crippen LogP contribution in [0.1, 0.15) is 40.0 Å². The lowest BCUT2D eigenvalue weighted by Crippen LogP contribution is -2.46. The van der Waals surface area contributed by atoms with Crippen molar-refractivity contribution in [3.63, 3.8) is 0 Å². The van der Waals surface area contributed by atoms with Crippen LogP contribution < -0.4 is 5.32 Å². The van der Waals surface area contributed by atoms with Crippen molar-refractivity contribution in [3.05, 3.63) is 0 Å². The molecule has 5 nitrogen and oxygen atoms in total. The van der Waals surface area contributed by atoms with Gasteiger partial charge in [0.15, 0.2) is 0 Å². The van der Waals surface area contributed by atoms with E-state index in [0.29, 0.717) is 5.92 Å². The molecule has 2 atom stereocenters. The summed E-state index contributed by atoms with van der Waals surface area (Å²) in [5.41, 5.74) is 0. The molecule has 2 unspecified atom stereocenters. The van der Waals surface area contributed by atoms with E-state index in [9.17, 15) is 9.59 Å². The molecule has 0 saturated carbocycles. The van der Waals surface area contributed by atoms with Crippen LogP contribution in [-0.2, 0) is 4.79 Å². The van der Waals surface area contributed by atoms with Crippen LogP contribution in [-0.4, -0.2) is 41.1 Å². The zero-order valence-corrected chi connectivity index (χ0v) is 11.5. The highest BCUT2D eigenvalue weighted by molar-refractivity contribution is 5.76.